The molecule has 5 heteroatoms. The van der Waals surface area contributed by atoms with Crippen LogP contribution in [0.15, 0.2) is 42.5 Å². The second-order valence-electron chi connectivity index (χ2n) is 4.92. The highest BCUT2D eigenvalue weighted by atomic mass is 16.6. The maximum Gasteiger partial charge on any atom is 0.292 e. The molecule has 0 aliphatic heterocycles. The third-order valence-corrected chi connectivity index (χ3v) is 3.35. The van der Waals surface area contributed by atoms with Gasteiger partial charge >= 0.3 is 0 Å². The minimum atomic E-state index is -0.399. The lowest BCUT2D eigenvalue weighted by molar-refractivity contribution is -0.384. The molecule has 0 radical (unpaired) electrons. The summed E-state index contributed by atoms with van der Waals surface area (Å²) >= 11 is 0. The number of rotatable bonds is 5. The standard InChI is InChI=1S/C16H18N2O3/c1-11-4-6-13(7-5-11)12(2)17-15-10-14(21-3)8-9-16(15)18(19)20/h4-10,12,17H,1-3H3. The fraction of sp³-hybridized carbons (Fsp3) is 0.250. The van der Waals surface area contributed by atoms with Crippen LogP contribution < -0.4 is 10.1 Å². The van der Waals surface area contributed by atoms with Gasteiger partial charge in [0.15, 0.2) is 0 Å². The van der Waals surface area contributed by atoms with Gasteiger partial charge in [0, 0.05) is 18.2 Å². The lowest BCUT2D eigenvalue weighted by Crippen LogP contribution is -2.08. The van der Waals surface area contributed by atoms with E-state index in [2.05, 4.69) is 5.32 Å². The molecule has 0 bridgehead atoms. The molecule has 2 aromatic rings. The number of hydrogen-bond acceptors (Lipinski definition) is 4. The Morgan fingerprint density at radius 3 is 2.43 bits per heavy atom. The van der Waals surface area contributed by atoms with Gasteiger partial charge in [-0.2, -0.15) is 0 Å². The molecule has 1 unspecified atom stereocenters. The highest BCUT2D eigenvalue weighted by Crippen LogP contribution is 2.31. The minimum absolute atomic E-state index is 0.0368. The molecule has 110 valence electrons. The lowest BCUT2D eigenvalue weighted by Gasteiger charge is -2.16. The Hall–Kier alpha value is -2.56. The van der Waals surface area contributed by atoms with E-state index in [9.17, 15) is 10.1 Å². The molecule has 1 N–H and O–H groups in total. The van der Waals surface area contributed by atoms with E-state index in [1.54, 1.807) is 12.1 Å². The van der Waals surface area contributed by atoms with E-state index in [-0.39, 0.29) is 11.7 Å². The van der Waals surface area contributed by atoms with E-state index in [0.717, 1.165) is 5.56 Å². The molecule has 2 rings (SSSR count). The smallest absolute Gasteiger partial charge is 0.292 e. The number of nitro benzene ring substituents is 1. The van der Waals surface area contributed by atoms with Gasteiger partial charge in [0.2, 0.25) is 0 Å². The number of methoxy groups -OCH3 is 1. The van der Waals surface area contributed by atoms with E-state index in [1.165, 1.54) is 18.7 Å². The van der Waals surface area contributed by atoms with Crippen LogP contribution in [0.1, 0.15) is 24.1 Å². The molecule has 0 heterocycles. The number of hydrogen-bond donors (Lipinski definition) is 1. The summed E-state index contributed by atoms with van der Waals surface area (Å²) in [4.78, 5) is 10.7. The Kier molecular flexibility index (Phi) is 4.42. The molecule has 0 spiro atoms. The topological polar surface area (TPSA) is 64.4 Å². The average Bonchev–Trinajstić information content (AvgIpc) is 2.47. The molecule has 0 saturated heterocycles. The molecule has 2 aromatic carbocycles. The number of anilines is 1. The van der Waals surface area contributed by atoms with E-state index in [1.807, 2.05) is 38.1 Å². The maximum atomic E-state index is 11.1. The van der Waals surface area contributed by atoms with E-state index >= 15 is 0 Å². The van der Waals surface area contributed by atoms with Crippen LogP contribution >= 0.6 is 0 Å². The molecular formula is C16H18N2O3. The fourth-order valence-corrected chi connectivity index (χ4v) is 2.09. The first-order chi connectivity index (χ1) is 10.0. The molecule has 0 fully saturated rings. The number of ether oxygens (including phenoxy) is 1. The Bertz CT molecular complexity index is 638. The zero-order chi connectivity index (χ0) is 15.4. The monoisotopic (exact) mass is 286 g/mol. The first kappa shape index (κ1) is 14.8. The Labute approximate surface area is 123 Å². The summed E-state index contributed by atoms with van der Waals surface area (Å²) in [6.45, 7) is 3.99. The zero-order valence-electron chi connectivity index (χ0n) is 12.3. The van der Waals surface area contributed by atoms with E-state index < -0.39 is 4.92 Å². The van der Waals surface area contributed by atoms with Crippen LogP contribution in [0.4, 0.5) is 11.4 Å². The van der Waals surface area contributed by atoms with Gasteiger partial charge in [-0.3, -0.25) is 10.1 Å². The van der Waals surface area contributed by atoms with Crippen molar-refractivity contribution in [1.29, 1.82) is 0 Å². The number of aryl methyl sites for hydroxylation is 1. The van der Waals surface area contributed by atoms with Crippen LogP contribution in [-0.4, -0.2) is 12.0 Å². The normalized spacial score (nSPS) is 11.8. The van der Waals surface area contributed by atoms with Gasteiger partial charge in [-0.1, -0.05) is 29.8 Å². The molecule has 0 aliphatic rings. The Morgan fingerprint density at radius 2 is 1.86 bits per heavy atom. The molecule has 0 amide bonds. The van der Waals surface area contributed by atoms with Crippen LogP contribution in [0.2, 0.25) is 0 Å². The van der Waals surface area contributed by atoms with Crippen LogP contribution in [0.25, 0.3) is 0 Å². The maximum absolute atomic E-state index is 11.1. The van der Waals surface area contributed by atoms with Gasteiger partial charge in [0.25, 0.3) is 5.69 Å². The summed E-state index contributed by atoms with van der Waals surface area (Å²) in [6, 6.07) is 12.7. The van der Waals surface area contributed by atoms with Crippen LogP contribution in [0.5, 0.6) is 5.75 Å². The minimum Gasteiger partial charge on any atom is -0.497 e. The number of nitrogens with one attached hydrogen (secondary N) is 1. The first-order valence-electron chi connectivity index (χ1n) is 6.67. The molecule has 0 aliphatic carbocycles. The molecule has 1 atom stereocenters. The quantitative estimate of drug-likeness (QED) is 0.664. The summed E-state index contributed by atoms with van der Waals surface area (Å²) in [6.07, 6.45) is 0. The average molecular weight is 286 g/mol. The van der Waals surface area contributed by atoms with Crippen molar-refractivity contribution < 1.29 is 9.66 Å². The molecule has 5 nitrogen and oxygen atoms in total. The molecule has 0 aromatic heterocycles. The van der Waals surface area contributed by atoms with Crippen LogP contribution in [0.3, 0.4) is 0 Å². The van der Waals surface area contributed by atoms with Gasteiger partial charge in [-0.05, 0) is 25.5 Å². The van der Waals surface area contributed by atoms with Gasteiger partial charge in [0.1, 0.15) is 11.4 Å². The zero-order valence-corrected chi connectivity index (χ0v) is 12.3. The van der Waals surface area contributed by atoms with Crippen molar-refractivity contribution in [1.82, 2.24) is 0 Å². The highest BCUT2D eigenvalue weighted by Gasteiger charge is 2.17. The van der Waals surface area contributed by atoms with Crippen molar-refractivity contribution in [3.63, 3.8) is 0 Å². The lowest BCUT2D eigenvalue weighted by atomic mass is 10.1. The Morgan fingerprint density at radius 1 is 1.19 bits per heavy atom. The largest absolute Gasteiger partial charge is 0.497 e. The summed E-state index contributed by atoms with van der Waals surface area (Å²) < 4.78 is 5.13. The summed E-state index contributed by atoms with van der Waals surface area (Å²) in [5, 5.41) is 14.3. The predicted octanol–water partition coefficient (Wildman–Crippen LogP) is 4.08. The van der Waals surface area contributed by atoms with Crippen LogP contribution in [0, 0.1) is 17.0 Å². The van der Waals surface area contributed by atoms with Gasteiger partial charge in [0.05, 0.1) is 12.0 Å². The summed E-state index contributed by atoms with van der Waals surface area (Å²) in [5.41, 5.74) is 2.73. The fourth-order valence-electron chi connectivity index (χ4n) is 2.09. The number of nitro groups is 1. The molecule has 0 saturated carbocycles. The SMILES string of the molecule is COc1ccc([N+](=O)[O-])c(NC(C)c2ccc(C)cc2)c1. The van der Waals surface area contributed by atoms with Crippen molar-refractivity contribution in [3.8, 4) is 5.75 Å². The molecular weight excluding hydrogens is 268 g/mol. The van der Waals surface area contributed by atoms with E-state index in [4.69, 9.17) is 4.74 Å². The summed E-state index contributed by atoms with van der Waals surface area (Å²) in [5.74, 6) is 0.583. The first-order valence-corrected chi connectivity index (χ1v) is 6.67. The third-order valence-electron chi connectivity index (χ3n) is 3.35. The number of nitrogens with zero attached hydrogens (tertiary/aromatic N) is 1. The Balaban J connectivity index is 2.28. The second kappa shape index (κ2) is 6.26. The van der Waals surface area contributed by atoms with Crippen molar-refractivity contribution >= 4 is 11.4 Å². The number of benzene rings is 2. The van der Waals surface area contributed by atoms with Crippen molar-refractivity contribution in [2.45, 2.75) is 19.9 Å². The second-order valence-corrected chi connectivity index (χ2v) is 4.92. The van der Waals surface area contributed by atoms with Crippen molar-refractivity contribution in [3.05, 3.63) is 63.7 Å². The van der Waals surface area contributed by atoms with Crippen LogP contribution in [-0.2, 0) is 0 Å². The van der Waals surface area contributed by atoms with Gasteiger partial charge in [-0.15, -0.1) is 0 Å². The van der Waals surface area contributed by atoms with Gasteiger partial charge in [-0.25, -0.2) is 0 Å². The van der Waals surface area contributed by atoms with Gasteiger partial charge < -0.3 is 10.1 Å². The predicted molar refractivity (Wildman–Crippen MR) is 82.9 cm³/mol. The van der Waals surface area contributed by atoms with Crippen molar-refractivity contribution in [2.75, 3.05) is 12.4 Å². The van der Waals surface area contributed by atoms with Crippen molar-refractivity contribution in [2.24, 2.45) is 0 Å². The third kappa shape index (κ3) is 3.51. The van der Waals surface area contributed by atoms with E-state index in [0.29, 0.717) is 11.4 Å². The molecule has 21 heavy (non-hydrogen) atoms. The highest BCUT2D eigenvalue weighted by molar-refractivity contribution is 5.65. The summed E-state index contributed by atoms with van der Waals surface area (Å²) in [7, 11) is 1.54.